The molecule has 0 spiro atoms. The number of anilines is 1. The first kappa shape index (κ1) is 13.3. The second kappa shape index (κ2) is 5.34. The lowest BCUT2D eigenvalue weighted by Gasteiger charge is -2.06. The first-order valence-corrected chi connectivity index (χ1v) is 7.00. The van der Waals surface area contributed by atoms with Crippen LogP contribution >= 0.6 is 11.3 Å². The third-order valence-electron chi connectivity index (χ3n) is 3.00. The summed E-state index contributed by atoms with van der Waals surface area (Å²) in [6.07, 6.45) is 1.56. The zero-order valence-corrected chi connectivity index (χ0v) is 11.6. The largest absolute Gasteiger partial charge is 0.477 e. The van der Waals surface area contributed by atoms with Gasteiger partial charge in [-0.25, -0.2) is 4.79 Å². The monoisotopic (exact) mass is 298 g/mol. The van der Waals surface area contributed by atoms with Crippen LogP contribution in [0.3, 0.4) is 0 Å². The molecule has 21 heavy (non-hydrogen) atoms. The van der Waals surface area contributed by atoms with Gasteiger partial charge in [0.1, 0.15) is 10.6 Å². The molecule has 3 rings (SSSR count). The fraction of sp³-hybridized carbons (Fsp3) is 0. The van der Waals surface area contributed by atoms with Crippen LogP contribution in [-0.2, 0) is 0 Å². The van der Waals surface area contributed by atoms with Crippen molar-refractivity contribution in [2.45, 2.75) is 0 Å². The minimum Gasteiger partial charge on any atom is -0.477 e. The molecule has 1 amide bonds. The van der Waals surface area contributed by atoms with Crippen LogP contribution in [0, 0.1) is 0 Å². The number of benzene rings is 1. The van der Waals surface area contributed by atoms with Crippen molar-refractivity contribution in [1.82, 2.24) is 4.98 Å². The highest BCUT2D eigenvalue weighted by atomic mass is 32.1. The molecule has 104 valence electrons. The van der Waals surface area contributed by atoms with E-state index in [0.29, 0.717) is 0 Å². The smallest absolute Gasteiger partial charge is 0.348 e. The Morgan fingerprint density at radius 3 is 2.76 bits per heavy atom. The van der Waals surface area contributed by atoms with Crippen LogP contribution in [-0.4, -0.2) is 22.0 Å². The second-order valence-corrected chi connectivity index (χ2v) is 5.22. The van der Waals surface area contributed by atoms with E-state index in [1.807, 2.05) is 30.3 Å². The van der Waals surface area contributed by atoms with E-state index >= 15 is 0 Å². The highest BCUT2D eigenvalue weighted by Gasteiger charge is 2.17. The van der Waals surface area contributed by atoms with Gasteiger partial charge < -0.3 is 10.4 Å². The summed E-state index contributed by atoms with van der Waals surface area (Å²) >= 11 is 1.06. The molecule has 2 N–H and O–H groups in total. The van der Waals surface area contributed by atoms with Gasteiger partial charge in [0.15, 0.2) is 0 Å². The molecule has 0 saturated carbocycles. The van der Waals surface area contributed by atoms with E-state index in [4.69, 9.17) is 5.11 Å². The van der Waals surface area contributed by atoms with Crippen molar-refractivity contribution >= 4 is 39.7 Å². The number of carboxylic acid groups (broad SMARTS) is 1. The zero-order valence-electron chi connectivity index (χ0n) is 10.7. The van der Waals surface area contributed by atoms with Crippen molar-refractivity contribution in [3.05, 3.63) is 58.5 Å². The number of rotatable bonds is 3. The van der Waals surface area contributed by atoms with E-state index in [0.717, 1.165) is 22.1 Å². The molecule has 2 aromatic heterocycles. The van der Waals surface area contributed by atoms with Crippen LogP contribution in [0.5, 0.6) is 0 Å². The number of thiophene rings is 1. The van der Waals surface area contributed by atoms with Gasteiger partial charge in [-0.1, -0.05) is 24.3 Å². The lowest BCUT2D eigenvalue weighted by molar-refractivity contribution is 0.0703. The third-order valence-corrected chi connectivity index (χ3v) is 3.90. The maximum absolute atomic E-state index is 12.3. The number of fused-ring (bicyclic) bond motifs is 1. The van der Waals surface area contributed by atoms with Crippen LogP contribution in [0.4, 0.5) is 5.69 Å². The molecule has 1 aromatic carbocycles. The van der Waals surface area contributed by atoms with E-state index in [1.165, 1.54) is 0 Å². The van der Waals surface area contributed by atoms with Gasteiger partial charge in [0.2, 0.25) is 0 Å². The first-order valence-electron chi connectivity index (χ1n) is 6.12. The van der Waals surface area contributed by atoms with E-state index in [2.05, 4.69) is 10.3 Å². The molecule has 0 aliphatic rings. The van der Waals surface area contributed by atoms with Crippen LogP contribution in [0.1, 0.15) is 20.2 Å². The van der Waals surface area contributed by atoms with Gasteiger partial charge in [-0.3, -0.25) is 9.78 Å². The van der Waals surface area contributed by atoms with Crippen LogP contribution < -0.4 is 5.32 Å². The number of aromatic nitrogens is 1. The van der Waals surface area contributed by atoms with Crippen molar-refractivity contribution in [3.8, 4) is 0 Å². The second-order valence-electron chi connectivity index (χ2n) is 4.30. The van der Waals surface area contributed by atoms with Crippen molar-refractivity contribution in [3.63, 3.8) is 0 Å². The van der Waals surface area contributed by atoms with Gasteiger partial charge in [0, 0.05) is 11.6 Å². The van der Waals surface area contributed by atoms with Gasteiger partial charge in [0.05, 0.1) is 5.69 Å². The average Bonchev–Trinajstić information content (AvgIpc) is 2.95. The molecule has 0 unspecified atom stereocenters. The molecular weight excluding hydrogens is 288 g/mol. The fourth-order valence-electron chi connectivity index (χ4n) is 2.06. The zero-order chi connectivity index (χ0) is 14.8. The molecular formula is C15H10N2O3S. The number of amides is 1. The summed E-state index contributed by atoms with van der Waals surface area (Å²) in [6, 6.07) is 10.8. The van der Waals surface area contributed by atoms with Gasteiger partial charge in [-0.05, 0) is 22.9 Å². The summed E-state index contributed by atoms with van der Waals surface area (Å²) < 4.78 is 0. The quantitative estimate of drug-likeness (QED) is 0.778. The number of nitrogens with one attached hydrogen (secondary N) is 1. The number of pyridine rings is 1. The normalized spacial score (nSPS) is 10.5. The maximum Gasteiger partial charge on any atom is 0.348 e. The Morgan fingerprint density at radius 2 is 1.95 bits per heavy atom. The van der Waals surface area contributed by atoms with Crippen LogP contribution in [0.25, 0.3) is 10.8 Å². The number of carbonyl (C=O) groups excluding carboxylic acids is 1. The minimum absolute atomic E-state index is 0.101. The summed E-state index contributed by atoms with van der Waals surface area (Å²) in [5.74, 6) is -1.49. The van der Waals surface area contributed by atoms with E-state index in [9.17, 15) is 9.59 Å². The summed E-state index contributed by atoms with van der Waals surface area (Å²) in [6.45, 7) is 0. The predicted molar refractivity (Wildman–Crippen MR) is 81.0 cm³/mol. The van der Waals surface area contributed by atoms with Crippen molar-refractivity contribution < 1.29 is 14.7 Å². The lowest BCUT2D eigenvalue weighted by atomic mass is 10.1. The predicted octanol–water partition coefficient (Wildman–Crippen LogP) is 3.25. The molecule has 0 atom stereocenters. The van der Waals surface area contributed by atoms with E-state index in [-0.39, 0.29) is 16.3 Å². The summed E-state index contributed by atoms with van der Waals surface area (Å²) in [7, 11) is 0. The Kier molecular flexibility index (Phi) is 3.37. The van der Waals surface area contributed by atoms with Crippen molar-refractivity contribution in [1.29, 1.82) is 0 Å². The fourth-order valence-corrected chi connectivity index (χ4v) is 2.74. The molecule has 0 fully saturated rings. The molecule has 0 aliphatic carbocycles. The Morgan fingerprint density at radius 1 is 1.14 bits per heavy atom. The van der Waals surface area contributed by atoms with Gasteiger partial charge >= 0.3 is 5.97 Å². The van der Waals surface area contributed by atoms with Gasteiger partial charge in [-0.2, -0.15) is 0 Å². The number of carbonyl (C=O) groups is 2. The molecule has 0 saturated heterocycles. The van der Waals surface area contributed by atoms with E-state index < -0.39 is 11.9 Å². The highest BCUT2D eigenvalue weighted by molar-refractivity contribution is 7.12. The number of aromatic carboxylic acids is 1. The SMILES string of the molecule is O=C(O)c1sccc1NC(=O)c1nccc2ccccc12. The number of nitrogens with zero attached hydrogens (tertiary/aromatic N) is 1. The lowest BCUT2D eigenvalue weighted by Crippen LogP contribution is -2.15. The summed E-state index contributed by atoms with van der Waals surface area (Å²) in [4.78, 5) is 27.6. The molecule has 5 nitrogen and oxygen atoms in total. The molecule has 3 aromatic rings. The third kappa shape index (κ3) is 2.48. The molecule has 0 aliphatic heterocycles. The van der Waals surface area contributed by atoms with Crippen LogP contribution in [0.2, 0.25) is 0 Å². The molecule has 0 bridgehead atoms. The first-order chi connectivity index (χ1) is 10.2. The number of hydrogen-bond donors (Lipinski definition) is 2. The van der Waals surface area contributed by atoms with E-state index in [1.54, 1.807) is 17.6 Å². The topological polar surface area (TPSA) is 79.3 Å². The average molecular weight is 298 g/mol. The summed E-state index contributed by atoms with van der Waals surface area (Å²) in [5.41, 5.74) is 0.558. The number of hydrogen-bond acceptors (Lipinski definition) is 4. The molecule has 2 heterocycles. The summed E-state index contributed by atoms with van der Waals surface area (Å²) in [5, 5.41) is 14.9. The number of carboxylic acids is 1. The Hall–Kier alpha value is -2.73. The minimum atomic E-state index is -1.06. The molecule has 6 heteroatoms. The highest BCUT2D eigenvalue weighted by Crippen LogP contribution is 2.24. The van der Waals surface area contributed by atoms with Crippen LogP contribution in [0.15, 0.2) is 48.0 Å². The van der Waals surface area contributed by atoms with Crippen molar-refractivity contribution in [2.75, 3.05) is 5.32 Å². The maximum atomic E-state index is 12.3. The Bertz CT molecular complexity index is 836. The standard InChI is InChI=1S/C15H10N2O3S/c18-14(17-11-6-8-21-13(11)15(19)20)12-10-4-2-1-3-9(10)5-7-16-12/h1-8H,(H,17,18)(H,19,20). The Labute approximate surface area is 123 Å². The molecule has 0 radical (unpaired) electrons. The van der Waals surface area contributed by atoms with Gasteiger partial charge in [0.25, 0.3) is 5.91 Å². The van der Waals surface area contributed by atoms with Crippen molar-refractivity contribution in [2.24, 2.45) is 0 Å². The van der Waals surface area contributed by atoms with Gasteiger partial charge in [-0.15, -0.1) is 11.3 Å². The Balaban J connectivity index is 1.98.